The molecule has 3 rings (SSSR count). The third-order valence-electron chi connectivity index (χ3n) is 5.56. The van der Waals surface area contributed by atoms with Gasteiger partial charge in [0.05, 0.1) is 33.7 Å². The van der Waals surface area contributed by atoms with E-state index >= 15 is 0 Å². The fraction of sp³-hybridized carbons (Fsp3) is 0.524. The van der Waals surface area contributed by atoms with Crippen LogP contribution in [0.5, 0.6) is 17.2 Å². The highest BCUT2D eigenvalue weighted by molar-refractivity contribution is 14.0. The number of ether oxygens (including phenoxy) is 3. The molecule has 1 aliphatic heterocycles. The number of aromatic nitrogens is 2. The third-order valence-corrected chi connectivity index (χ3v) is 5.56. The maximum absolute atomic E-state index is 5.54. The normalized spacial score (nSPS) is 19.1. The van der Waals surface area contributed by atoms with E-state index in [2.05, 4.69) is 31.7 Å². The lowest BCUT2D eigenvalue weighted by Gasteiger charge is -2.39. The van der Waals surface area contributed by atoms with E-state index in [0.29, 0.717) is 30.0 Å². The van der Waals surface area contributed by atoms with Crippen molar-refractivity contribution in [3.63, 3.8) is 0 Å². The molecule has 1 aliphatic rings. The molecule has 2 heterocycles. The third kappa shape index (κ3) is 5.30. The summed E-state index contributed by atoms with van der Waals surface area (Å²) in [5.74, 6) is 3.52. The zero-order valence-electron chi connectivity index (χ0n) is 18.3. The summed E-state index contributed by atoms with van der Waals surface area (Å²) in [4.78, 5) is 11.0. The van der Waals surface area contributed by atoms with Crippen LogP contribution >= 0.6 is 24.0 Å². The molecule has 2 aromatic rings. The molecule has 1 N–H and O–H groups in total. The van der Waals surface area contributed by atoms with Crippen molar-refractivity contribution < 1.29 is 14.2 Å². The Morgan fingerprint density at radius 2 is 1.87 bits per heavy atom. The summed E-state index contributed by atoms with van der Waals surface area (Å²) < 4.78 is 18.5. The summed E-state index contributed by atoms with van der Waals surface area (Å²) in [5, 5.41) is 3.47. The minimum atomic E-state index is 0. The lowest BCUT2D eigenvalue weighted by Crippen LogP contribution is -2.48. The number of imidazole rings is 1. The molecule has 1 saturated heterocycles. The van der Waals surface area contributed by atoms with Crippen LogP contribution in [-0.4, -0.2) is 61.9 Å². The molecule has 2 unspecified atom stereocenters. The monoisotopic (exact) mass is 529 g/mol. The van der Waals surface area contributed by atoms with E-state index < -0.39 is 0 Å². The van der Waals surface area contributed by atoms with E-state index in [-0.39, 0.29) is 24.0 Å². The minimum Gasteiger partial charge on any atom is -0.496 e. The molecule has 1 fully saturated rings. The number of nitrogens with one attached hydrogen (secondary N) is 1. The molecule has 1 aromatic heterocycles. The summed E-state index contributed by atoms with van der Waals surface area (Å²) in [7, 11) is 6.72. The van der Waals surface area contributed by atoms with Crippen LogP contribution < -0.4 is 19.5 Å². The Morgan fingerprint density at radius 3 is 2.47 bits per heavy atom. The van der Waals surface area contributed by atoms with Gasteiger partial charge in [0.2, 0.25) is 0 Å². The molecule has 2 atom stereocenters. The van der Waals surface area contributed by atoms with Crippen molar-refractivity contribution in [1.82, 2.24) is 19.8 Å². The number of hydrogen-bond acceptors (Lipinski definition) is 5. The smallest absolute Gasteiger partial charge is 0.193 e. The van der Waals surface area contributed by atoms with E-state index in [9.17, 15) is 0 Å². The van der Waals surface area contributed by atoms with E-state index in [1.807, 2.05) is 37.9 Å². The standard InChI is InChI=1S/C21H31N5O3.HI/c1-15-6-8-25(13-17(15)26-9-7-23-14-26)21(22-2)24-12-16-10-19(28-4)20(29-5)11-18(16)27-3;/h7,9-11,14-15,17H,6,8,12-13H2,1-5H3,(H,22,24);1H. The minimum absolute atomic E-state index is 0. The molecular formula is C21H32IN5O3. The molecule has 9 heteroatoms. The van der Waals surface area contributed by atoms with Gasteiger partial charge >= 0.3 is 0 Å². The largest absolute Gasteiger partial charge is 0.496 e. The molecule has 8 nitrogen and oxygen atoms in total. The zero-order valence-corrected chi connectivity index (χ0v) is 20.6. The average Bonchev–Trinajstić information content (AvgIpc) is 3.29. The highest BCUT2D eigenvalue weighted by Gasteiger charge is 2.29. The van der Waals surface area contributed by atoms with Crippen molar-refractivity contribution in [2.24, 2.45) is 10.9 Å². The highest BCUT2D eigenvalue weighted by atomic mass is 127. The van der Waals surface area contributed by atoms with E-state index in [1.165, 1.54) is 0 Å². The average molecular weight is 529 g/mol. The Morgan fingerprint density at radius 1 is 1.17 bits per heavy atom. The Hall–Kier alpha value is -2.17. The SMILES string of the molecule is CN=C(NCc1cc(OC)c(OC)cc1OC)N1CCC(C)C(n2ccnc2)C1.I. The summed E-state index contributed by atoms with van der Waals surface area (Å²) in [6.45, 7) is 4.72. The fourth-order valence-electron chi connectivity index (χ4n) is 3.83. The number of halogens is 1. The van der Waals surface area contributed by atoms with Crippen LogP contribution in [0, 0.1) is 5.92 Å². The van der Waals surface area contributed by atoms with Crippen LogP contribution in [-0.2, 0) is 6.54 Å². The second-order valence-corrected chi connectivity index (χ2v) is 7.21. The summed E-state index contributed by atoms with van der Waals surface area (Å²) in [5.41, 5.74) is 0.975. The van der Waals surface area contributed by atoms with Gasteiger partial charge in [-0.15, -0.1) is 24.0 Å². The van der Waals surface area contributed by atoms with Gasteiger partial charge in [-0.25, -0.2) is 4.98 Å². The summed E-state index contributed by atoms with van der Waals surface area (Å²) >= 11 is 0. The van der Waals surface area contributed by atoms with Crippen molar-refractivity contribution >= 4 is 29.9 Å². The van der Waals surface area contributed by atoms with Crippen LogP contribution in [0.25, 0.3) is 0 Å². The molecule has 0 bridgehead atoms. The fourth-order valence-corrected chi connectivity index (χ4v) is 3.83. The molecule has 166 valence electrons. The number of likely N-dealkylation sites (tertiary alicyclic amines) is 1. The van der Waals surface area contributed by atoms with Gasteiger partial charge in [-0.2, -0.15) is 0 Å². The summed E-state index contributed by atoms with van der Waals surface area (Å²) in [6, 6.07) is 4.15. The quantitative estimate of drug-likeness (QED) is 0.352. The zero-order chi connectivity index (χ0) is 20.8. The van der Waals surface area contributed by atoms with Crippen molar-refractivity contribution in [1.29, 1.82) is 0 Å². The first-order valence-electron chi connectivity index (χ1n) is 9.83. The first-order chi connectivity index (χ1) is 14.1. The van der Waals surface area contributed by atoms with Crippen LogP contribution in [0.2, 0.25) is 0 Å². The molecule has 0 spiro atoms. The number of nitrogens with zero attached hydrogens (tertiary/aromatic N) is 4. The number of piperidine rings is 1. The number of rotatable bonds is 6. The van der Waals surface area contributed by atoms with Crippen molar-refractivity contribution in [2.75, 3.05) is 41.5 Å². The molecule has 0 aliphatic carbocycles. The van der Waals surface area contributed by atoms with Gasteiger partial charge in [0.15, 0.2) is 17.5 Å². The van der Waals surface area contributed by atoms with Gasteiger partial charge in [0, 0.05) is 50.7 Å². The number of aliphatic imine (C=N–C) groups is 1. The Bertz CT molecular complexity index is 828. The van der Waals surface area contributed by atoms with Gasteiger partial charge in [0.25, 0.3) is 0 Å². The maximum Gasteiger partial charge on any atom is 0.193 e. The number of hydrogen-bond donors (Lipinski definition) is 1. The Balaban J connectivity index is 0.00000320. The second-order valence-electron chi connectivity index (χ2n) is 7.21. The second kappa shape index (κ2) is 11.3. The van der Waals surface area contributed by atoms with Gasteiger partial charge in [-0.1, -0.05) is 6.92 Å². The Kier molecular flexibility index (Phi) is 9.07. The number of methoxy groups -OCH3 is 3. The van der Waals surface area contributed by atoms with Crippen LogP contribution in [0.4, 0.5) is 0 Å². The van der Waals surface area contributed by atoms with E-state index in [4.69, 9.17) is 14.2 Å². The number of guanidine groups is 1. The molecule has 30 heavy (non-hydrogen) atoms. The van der Waals surface area contributed by atoms with Crippen molar-refractivity contribution in [2.45, 2.75) is 25.9 Å². The maximum atomic E-state index is 5.54. The van der Waals surface area contributed by atoms with Crippen LogP contribution in [0.3, 0.4) is 0 Å². The molecule has 0 saturated carbocycles. The molecular weight excluding hydrogens is 497 g/mol. The molecule has 0 radical (unpaired) electrons. The predicted octanol–water partition coefficient (Wildman–Crippen LogP) is 3.19. The van der Waals surface area contributed by atoms with Crippen LogP contribution in [0.15, 0.2) is 35.8 Å². The molecule has 1 aromatic carbocycles. The summed E-state index contributed by atoms with van der Waals surface area (Å²) in [6.07, 6.45) is 6.87. The van der Waals surface area contributed by atoms with Gasteiger partial charge in [-0.3, -0.25) is 4.99 Å². The van der Waals surface area contributed by atoms with E-state index in [1.54, 1.807) is 21.3 Å². The number of benzene rings is 1. The first-order valence-corrected chi connectivity index (χ1v) is 9.83. The van der Waals surface area contributed by atoms with Crippen molar-refractivity contribution in [3.05, 3.63) is 36.4 Å². The first kappa shape index (κ1) is 24.1. The van der Waals surface area contributed by atoms with Gasteiger partial charge in [-0.05, 0) is 18.4 Å². The Labute approximate surface area is 195 Å². The predicted molar refractivity (Wildman–Crippen MR) is 128 cm³/mol. The highest BCUT2D eigenvalue weighted by Crippen LogP contribution is 2.34. The lowest BCUT2D eigenvalue weighted by molar-refractivity contribution is 0.189. The topological polar surface area (TPSA) is 73.1 Å². The molecule has 0 amide bonds. The van der Waals surface area contributed by atoms with Gasteiger partial charge in [0.1, 0.15) is 5.75 Å². The van der Waals surface area contributed by atoms with E-state index in [0.717, 1.165) is 36.8 Å². The van der Waals surface area contributed by atoms with Crippen LogP contribution in [0.1, 0.15) is 24.9 Å². The lowest BCUT2D eigenvalue weighted by atomic mass is 9.93. The van der Waals surface area contributed by atoms with Gasteiger partial charge < -0.3 is 29.0 Å². The van der Waals surface area contributed by atoms with Crippen molar-refractivity contribution in [3.8, 4) is 17.2 Å².